The Kier molecular flexibility index (Phi) is 5.26. The van der Waals surface area contributed by atoms with E-state index in [1.54, 1.807) is 6.92 Å². The van der Waals surface area contributed by atoms with Gasteiger partial charge in [-0.15, -0.1) is 0 Å². The highest BCUT2D eigenvalue weighted by molar-refractivity contribution is 5.97. The molecule has 0 saturated carbocycles. The van der Waals surface area contributed by atoms with Gasteiger partial charge >= 0.3 is 0 Å². The standard InChI is InChI=1S/C15H17N3O4/c1-10(11-5-3-2-4-6-11)14(20)16-12(9-19)15(21)17-13-7-8-22-18-13/h2-8,10,12,19H,9H2,1H3,(H,16,20)(H,17,18,21)/t10?,12-/m0/s1. The molecule has 2 amide bonds. The van der Waals surface area contributed by atoms with E-state index < -0.39 is 24.5 Å². The fraction of sp³-hybridized carbons (Fsp3) is 0.267. The molecule has 2 aromatic rings. The van der Waals surface area contributed by atoms with E-state index in [1.165, 1.54) is 12.3 Å². The van der Waals surface area contributed by atoms with Gasteiger partial charge in [0.05, 0.1) is 12.5 Å². The number of rotatable bonds is 6. The highest BCUT2D eigenvalue weighted by Crippen LogP contribution is 2.14. The maximum absolute atomic E-state index is 12.2. The summed E-state index contributed by atoms with van der Waals surface area (Å²) in [5.74, 6) is -1.13. The van der Waals surface area contributed by atoms with E-state index in [1.807, 2.05) is 30.3 Å². The first-order chi connectivity index (χ1) is 10.6. The van der Waals surface area contributed by atoms with E-state index in [0.29, 0.717) is 0 Å². The Balaban J connectivity index is 1.97. The van der Waals surface area contributed by atoms with Crippen molar-refractivity contribution < 1.29 is 19.2 Å². The number of nitrogens with zero attached hydrogens (tertiary/aromatic N) is 1. The van der Waals surface area contributed by atoms with Gasteiger partial charge in [-0.2, -0.15) is 0 Å². The second-order valence-corrected chi connectivity index (χ2v) is 4.75. The molecule has 0 aliphatic heterocycles. The summed E-state index contributed by atoms with van der Waals surface area (Å²) in [6.07, 6.45) is 1.31. The number of aliphatic hydroxyl groups is 1. The highest BCUT2D eigenvalue weighted by atomic mass is 16.5. The van der Waals surface area contributed by atoms with Crippen LogP contribution in [0.2, 0.25) is 0 Å². The summed E-state index contributed by atoms with van der Waals surface area (Å²) in [6.45, 7) is 1.21. The minimum Gasteiger partial charge on any atom is -0.394 e. The zero-order valence-corrected chi connectivity index (χ0v) is 12.0. The van der Waals surface area contributed by atoms with Crippen molar-refractivity contribution in [2.24, 2.45) is 0 Å². The Bertz CT molecular complexity index is 613. The SMILES string of the molecule is CC(C(=O)N[C@@H](CO)C(=O)Nc1ccon1)c1ccccc1. The molecule has 1 aromatic heterocycles. The number of aromatic nitrogens is 1. The van der Waals surface area contributed by atoms with Crippen molar-refractivity contribution in [1.82, 2.24) is 10.5 Å². The van der Waals surface area contributed by atoms with Crippen LogP contribution < -0.4 is 10.6 Å². The molecular formula is C15H17N3O4. The first kappa shape index (κ1) is 15.7. The van der Waals surface area contributed by atoms with Crippen LogP contribution >= 0.6 is 0 Å². The monoisotopic (exact) mass is 303 g/mol. The average molecular weight is 303 g/mol. The van der Waals surface area contributed by atoms with Gasteiger partial charge in [-0.05, 0) is 12.5 Å². The van der Waals surface area contributed by atoms with Crippen molar-refractivity contribution in [3.63, 3.8) is 0 Å². The van der Waals surface area contributed by atoms with Crippen LogP contribution in [0.5, 0.6) is 0 Å². The van der Waals surface area contributed by atoms with Crippen LogP contribution in [0.3, 0.4) is 0 Å². The van der Waals surface area contributed by atoms with Gasteiger partial charge < -0.3 is 20.3 Å². The van der Waals surface area contributed by atoms with Gasteiger partial charge in [-0.25, -0.2) is 0 Å². The number of carbonyl (C=O) groups excluding carboxylic acids is 2. The Morgan fingerprint density at radius 1 is 1.23 bits per heavy atom. The minimum atomic E-state index is -1.06. The Morgan fingerprint density at radius 3 is 2.55 bits per heavy atom. The van der Waals surface area contributed by atoms with Crippen LogP contribution in [-0.4, -0.2) is 34.7 Å². The van der Waals surface area contributed by atoms with Crippen molar-refractivity contribution >= 4 is 17.6 Å². The van der Waals surface area contributed by atoms with Gasteiger partial charge in [-0.3, -0.25) is 9.59 Å². The molecule has 116 valence electrons. The molecule has 22 heavy (non-hydrogen) atoms. The molecule has 2 atom stereocenters. The average Bonchev–Trinajstić information content (AvgIpc) is 3.05. The van der Waals surface area contributed by atoms with Gasteiger partial charge in [0.25, 0.3) is 5.91 Å². The lowest BCUT2D eigenvalue weighted by Gasteiger charge is -2.18. The Morgan fingerprint density at radius 2 is 1.95 bits per heavy atom. The van der Waals surface area contributed by atoms with Gasteiger partial charge in [0.15, 0.2) is 5.82 Å². The molecule has 1 aromatic carbocycles. The molecule has 0 saturated heterocycles. The summed E-state index contributed by atoms with van der Waals surface area (Å²) in [7, 11) is 0. The van der Waals surface area contributed by atoms with E-state index in [-0.39, 0.29) is 11.7 Å². The summed E-state index contributed by atoms with van der Waals surface area (Å²) < 4.78 is 4.59. The van der Waals surface area contributed by atoms with Crippen molar-refractivity contribution in [1.29, 1.82) is 0 Å². The van der Waals surface area contributed by atoms with E-state index in [9.17, 15) is 14.7 Å². The quantitative estimate of drug-likeness (QED) is 0.735. The summed E-state index contributed by atoms with van der Waals surface area (Å²) in [5.41, 5.74) is 0.827. The molecule has 7 heteroatoms. The first-order valence-electron chi connectivity index (χ1n) is 6.79. The van der Waals surface area contributed by atoms with Crippen molar-refractivity contribution in [2.75, 3.05) is 11.9 Å². The summed E-state index contributed by atoms with van der Waals surface area (Å²) in [4.78, 5) is 24.2. The van der Waals surface area contributed by atoms with Crippen LogP contribution in [0.4, 0.5) is 5.82 Å². The number of carbonyl (C=O) groups is 2. The largest absolute Gasteiger partial charge is 0.394 e. The van der Waals surface area contributed by atoms with E-state index in [2.05, 4.69) is 20.3 Å². The third-order valence-electron chi connectivity index (χ3n) is 3.20. The van der Waals surface area contributed by atoms with Crippen LogP contribution in [0, 0.1) is 0 Å². The lowest BCUT2D eigenvalue weighted by atomic mass is 10.00. The predicted octanol–water partition coefficient (Wildman–Crippen LogP) is 0.894. The second-order valence-electron chi connectivity index (χ2n) is 4.75. The summed E-state index contributed by atoms with van der Waals surface area (Å²) in [6, 6.07) is 9.58. The summed E-state index contributed by atoms with van der Waals surface area (Å²) >= 11 is 0. The third-order valence-corrected chi connectivity index (χ3v) is 3.20. The van der Waals surface area contributed by atoms with Crippen LogP contribution in [0.15, 0.2) is 47.2 Å². The number of nitrogens with one attached hydrogen (secondary N) is 2. The normalized spacial score (nSPS) is 13.2. The van der Waals surface area contributed by atoms with Gasteiger partial charge in [0.2, 0.25) is 5.91 Å². The van der Waals surface area contributed by atoms with Crippen LogP contribution in [-0.2, 0) is 9.59 Å². The molecule has 2 rings (SSSR count). The molecule has 0 bridgehead atoms. The molecule has 7 nitrogen and oxygen atoms in total. The number of anilines is 1. The molecule has 0 aliphatic carbocycles. The minimum absolute atomic E-state index is 0.216. The summed E-state index contributed by atoms with van der Waals surface area (Å²) in [5, 5.41) is 17.8. The van der Waals surface area contributed by atoms with Crippen LogP contribution in [0.1, 0.15) is 18.4 Å². The number of amides is 2. The van der Waals surface area contributed by atoms with Gasteiger partial charge in [-0.1, -0.05) is 35.5 Å². The lowest BCUT2D eigenvalue weighted by molar-refractivity contribution is -0.128. The fourth-order valence-corrected chi connectivity index (χ4v) is 1.87. The number of aliphatic hydroxyl groups excluding tert-OH is 1. The third kappa shape index (κ3) is 3.92. The number of hydrogen-bond donors (Lipinski definition) is 3. The number of hydrogen-bond acceptors (Lipinski definition) is 5. The maximum Gasteiger partial charge on any atom is 0.250 e. The molecule has 0 spiro atoms. The molecule has 0 radical (unpaired) electrons. The zero-order chi connectivity index (χ0) is 15.9. The van der Waals surface area contributed by atoms with Crippen molar-refractivity contribution in [3.8, 4) is 0 Å². The first-order valence-corrected chi connectivity index (χ1v) is 6.79. The molecule has 3 N–H and O–H groups in total. The predicted molar refractivity (Wildman–Crippen MR) is 79.0 cm³/mol. The molecule has 0 aliphatic rings. The maximum atomic E-state index is 12.2. The second kappa shape index (κ2) is 7.37. The van der Waals surface area contributed by atoms with Gasteiger partial charge in [0, 0.05) is 6.07 Å². The lowest BCUT2D eigenvalue weighted by Crippen LogP contribution is -2.47. The van der Waals surface area contributed by atoms with Crippen molar-refractivity contribution in [3.05, 3.63) is 48.2 Å². The van der Waals surface area contributed by atoms with Gasteiger partial charge in [0.1, 0.15) is 12.3 Å². The molecule has 1 heterocycles. The van der Waals surface area contributed by atoms with Crippen molar-refractivity contribution in [2.45, 2.75) is 18.9 Å². The zero-order valence-electron chi connectivity index (χ0n) is 12.0. The number of benzene rings is 1. The van der Waals surface area contributed by atoms with E-state index in [4.69, 9.17) is 0 Å². The smallest absolute Gasteiger partial charge is 0.250 e. The Labute approximate surface area is 127 Å². The Hall–Kier alpha value is -2.67. The van der Waals surface area contributed by atoms with E-state index >= 15 is 0 Å². The van der Waals surface area contributed by atoms with Crippen LogP contribution in [0.25, 0.3) is 0 Å². The molecular weight excluding hydrogens is 286 g/mol. The fourth-order valence-electron chi connectivity index (χ4n) is 1.87. The molecule has 1 unspecified atom stereocenters. The highest BCUT2D eigenvalue weighted by Gasteiger charge is 2.24. The van der Waals surface area contributed by atoms with E-state index in [0.717, 1.165) is 5.56 Å². The molecule has 0 fully saturated rings. The topological polar surface area (TPSA) is 104 Å².